The molecule has 0 aromatic carbocycles. The van der Waals surface area contributed by atoms with Gasteiger partial charge in [0.15, 0.2) is 11.5 Å². The monoisotopic (exact) mass is 347 g/mol. The minimum absolute atomic E-state index is 0.0112. The molecule has 0 spiro atoms. The standard InChI is InChI=1S/C17H16F3N5/c1-9-4-14-12(5-13(7-22-14)17(18,19)20)8-25(9)16-11(3)10(2)15(6-21)23-24-16/h5,7,9H,4,8H2,1-3H3. The SMILES string of the molecule is Cc1c(C#N)nnc(N2Cc3cc(C(F)(F)F)cnc3CC2C)c1C. The van der Waals surface area contributed by atoms with Crippen molar-refractivity contribution >= 4 is 5.82 Å². The fourth-order valence-corrected chi connectivity index (χ4v) is 3.00. The van der Waals surface area contributed by atoms with Gasteiger partial charge in [0.1, 0.15) is 6.07 Å². The maximum absolute atomic E-state index is 12.9. The molecule has 1 aliphatic heterocycles. The number of nitriles is 1. The molecule has 0 amide bonds. The zero-order valence-corrected chi connectivity index (χ0v) is 14.0. The number of hydrogen-bond donors (Lipinski definition) is 0. The smallest absolute Gasteiger partial charge is 0.347 e. The zero-order chi connectivity index (χ0) is 18.4. The third kappa shape index (κ3) is 3.02. The summed E-state index contributed by atoms with van der Waals surface area (Å²) in [5.41, 5.74) is 2.25. The molecule has 3 rings (SSSR count). The van der Waals surface area contributed by atoms with Crippen LogP contribution in [0.5, 0.6) is 0 Å². The van der Waals surface area contributed by atoms with Gasteiger partial charge in [0.2, 0.25) is 0 Å². The number of alkyl halides is 3. The molecule has 0 bridgehead atoms. The summed E-state index contributed by atoms with van der Waals surface area (Å²) in [5.74, 6) is 0.590. The van der Waals surface area contributed by atoms with E-state index in [0.717, 1.165) is 23.4 Å². The van der Waals surface area contributed by atoms with Crippen molar-refractivity contribution in [3.05, 3.63) is 45.9 Å². The van der Waals surface area contributed by atoms with Gasteiger partial charge < -0.3 is 4.90 Å². The molecule has 3 heterocycles. The average molecular weight is 347 g/mol. The van der Waals surface area contributed by atoms with Gasteiger partial charge in [-0.3, -0.25) is 4.98 Å². The van der Waals surface area contributed by atoms with Crippen LogP contribution in [0.2, 0.25) is 0 Å². The maximum atomic E-state index is 12.9. The fraction of sp³-hybridized carbons (Fsp3) is 0.412. The minimum atomic E-state index is -4.42. The minimum Gasteiger partial charge on any atom is -0.347 e. The van der Waals surface area contributed by atoms with Crippen LogP contribution in [0.4, 0.5) is 19.0 Å². The molecule has 0 saturated heterocycles. The highest BCUT2D eigenvalue weighted by Gasteiger charge is 2.34. The van der Waals surface area contributed by atoms with E-state index in [0.29, 0.717) is 23.5 Å². The molecular formula is C17H16F3N5. The molecule has 5 nitrogen and oxygen atoms in total. The molecule has 0 aliphatic carbocycles. The lowest BCUT2D eigenvalue weighted by atomic mass is 9.97. The Morgan fingerprint density at radius 2 is 1.96 bits per heavy atom. The van der Waals surface area contributed by atoms with Gasteiger partial charge in [0.05, 0.1) is 5.56 Å². The molecule has 130 valence electrons. The van der Waals surface area contributed by atoms with Crippen molar-refractivity contribution in [1.29, 1.82) is 5.26 Å². The molecular weight excluding hydrogens is 331 g/mol. The van der Waals surface area contributed by atoms with E-state index < -0.39 is 11.7 Å². The van der Waals surface area contributed by atoms with E-state index in [1.54, 1.807) is 6.92 Å². The van der Waals surface area contributed by atoms with Crippen molar-refractivity contribution in [3.63, 3.8) is 0 Å². The lowest BCUT2D eigenvalue weighted by Gasteiger charge is -2.36. The number of anilines is 1. The van der Waals surface area contributed by atoms with Crippen molar-refractivity contribution in [1.82, 2.24) is 15.2 Å². The third-order valence-electron chi connectivity index (χ3n) is 4.62. The van der Waals surface area contributed by atoms with Crippen LogP contribution >= 0.6 is 0 Å². The Kier molecular flexibility index (Phi) is 4.11. The normalized spacial score (nSPS) is 17.2. The molecule has 1 aliphatic rings. The summed E-state index contributed by atoms with van der Waals surface area (Å²) in [6.45, 7) is 5.87. The second-order valence-corrected chi connectivity index (χ2v) is 6.24. The third-order valence-corrected chi connectivity index (χ3v) is 4.62. The number of pyridine rings is 1. The number of rotatable bonds is 1. The molecule has 2 aromatic heterocycles. The largest absolute Gasteiger partial charge is 0.417 e. The van der Waals surface area contributed by atoms with Crippen LogP contribution in [0.3, 0.4) is 0 Å². The first-order valence-electron chi connectivity index (χ1n) is 7.78. The summed E-state index contributed by atoms with van der Waals surface area (Å²) in [7, 11) is 0. The Labute approximate surface area is 143 Å². The van der Waals surface area contributed by atoms with Crippen LogP contribution in [0, 0.1) is 25.2 Å². The Morgan fingerprint density at radius 1 is 1.24 bits per heavy atom. The Morgan fingerprint density at radius 3 is 2.60 bits per heavy atom. The lowest BCUT2D eigenvalue weighted by molar-refractivity contribution is -0.137. The Hall–Kier alpha value is -2.69. The van der Waals surface area contributed by atoms with Crippen LogP contribution in [0.15, 0.2) is 12.3 Å². The number of hydrogen-bond acceptors (Lipinski definition) is 5. The first-order chi connectivity index (χ1) is 11.7. The quantitative estimate of drug-likeness (QED) is 0.792. The van der Waals surface area contributed by atoms with E-state index in [1.807, 2.05) is 24.8 Å². The zero-order valence-electron chi connectivity index (χ0n) is 14.0. The highest BCUT2D eigenvalue weighted by atomic mass is 19.4. The van der Waals surface area contributed by atoms with Gasteiger partial charge in [-0.2, -0.15) is 18.4 Å². The number of fused-ring (bicyclic) bond motifs is 1. The van der Waals surface area contributed by atoms with E-state index >= 15 is 0 Å². The second kappa shape index (κ2) is 5.99. The van der Waals surface area contributed by atoms with Crippen molar-refractivity contribution in [2.75, 3.05) is 4.90 Å². The lowest BCUT2D eigenvalue weighted by Crippen LogP contribution is -2.40. The van der Waals surface area contributed by atoms with Crippen LogP contribution in [-0.4, -0.2) is 21.2 Å². The van der Waals surface area contributed by atoms with E-state index in [2.05, 4.69) is 15.2 Å². The number of nitrogens with zero attached hydrogens (tertiary/aromatic N) is 5. The molecule has 1 unspecified atom stereocenters. The van der Waals surface area contributed by atoms with E-state index in [9.17, 15) is 13.2 Å². The molecule has 2 aromatic rings. The Bertz CT molecular complexity index is 870. The van der Waals surface area contributed by atoms with Crippen LogP contribution in [-0.2, 0) is 19.1 Å². The summed E-state index contributed by atoms with van der Waals surface area (Å²) in [4.78, 5) is 5.92. The molecule has 8 heteroatoms. The van der Waals surface area contributed by atoms with E-state index in [4.69, 9.17) is 5.26 Å². The highest BCUT2D eigenvalue weighted by molar-refractivity contribution is 5.54. The molecule has 0 N–H and O–H groups in total. The topological polar surface area (TPSA) is 65.7 Å². The van der Waals surface area contributed by atoms with E-state index in [1.165, 1.54) is 0 Å². The van der Waals surface area contributed by atoms with Gasteiger partial charge in [-0.25, -0.2) is 0 Å². The van der Waals surface area contributed by atoms with Crippen molar-refractivity contribution < 1.29 is 13.2 Å². The van der Waals surface area contributed by atoms with Crippen molar-refractivity contribution in [3.8, 4) is 6.07 Å². The van der Waals surface area contributed by atoms with Gasteiger partial charge in [0.25, 0.3) is 0 Å². The molecule has 0 radical (unpaired) electrons. The van der Waals surface area contributed by atoms with Gasteiger partial charge in [-0.05, 0) is 43.5 Å². The predicted octanol–water partition coefficient (Wildman–Crippen LogP) is 3.33. The van der Waals surface area contributed by atoms with Gasteiger partial charge in [-0.1, -0.05) is 0 Å². The molecule has 25 heavy (non-hydrogen) atoms. The Balaban J connectivity index is 2.02. The summed E-state index contributed by atoms with van der Waals surface area (Å²) in [6.07, 6.45) is -3.01. The molecule has 1 atom stereocenters. The first kappa shape index (κ1) is 17.1. The second-order valence-electron chi connectivity index (χ2n) is 6.24. The molecule has 0 saturated carbocycles. The van der Waals surface area contributed by atoms with Crippen LogP contribution in [0.25, 0.3) is 0 Å². The average Bonchev–Trinajstić information content (AvgIpc) is 2.55. The van der Waals surface area contributed by atoms with Crippen LogP contribution < -0.4 is 4.90 Å². The van der Waals surface area contributed by atoms with E-state index in [-0.39, 0.29) is 18.3 Å². The molecule has 0 fully saturated rings. The summed E-state index contributed by atoms with van der Waals surface area (Å²) >= 11 is 0. The maximum Gasteiger partial charge on any atom is 0.417 e. The summed E-state index contributed by atoms with van der Waals surface area (Å²) in [6, 6.07) is 3.15. The van der Waals surface area contributed by atoms with Gasteiger partial charge in [-0.15, -0.1) is 10.2 Å². The van der Waals surface area contributed by atoms with Gasteiger partial charge in [0, 0.05) is 30.9 Å². The van der Waals surface area contributed by atoms with Crippen LogP contribution in [0.1, 0.15) is 40.6 Å². The fourth-order valence-electron chi connectivity index (χ4n) is 3.00. The number of halogens is 3. The summed E-state index contributed by atoms with van der Waals surface area (Å²) in [5, 5.41) is 17.1. The highest BCUT2D eigenvalue weighted by Crippen LogP contribution is 2.34. The summed E-state index contributed by atoms with van der Waals surface area (Å²) < 4.78 is 38.8. The number of aromatic nitrogens is 3. The van der Waals surface area contributed by atoms with Gasteiger partial charge >= 0.3 is 6.18 Å². The predicted molar refractivity (Wildman–Crippen MR) is 84.8 cm³/mol. The first-order valence-corrected chi connectivity index (χ1v) is 7.78. The van der Waals surface area contributed by atoms with Crippen molar-refractivity contribution in [2.45, 2.75) is 46.0 Å². The van der Waals surface area contributed by atoms with Crippen molar-refractivity contribution in [2.24, 2.45) is 0 Å².